The smallest absolute Gasteiger partial charge is 0.309 e. The number of aliphatic hydroxyl groups is 2. The van der Waals surface area contributed by atoms with Crippen molar-refractivity contribution in [2.24, 2.45) is 11.8 Å². The van der Waals surface area contributed by atoms with Crippen molar-refractivity contribution in [3.8, 4) is 0 Å². The van der Waals surface area contributed by atoms with E-state index in [0.29, 0.717) is 13.1 Å². The molecule has 2 aliphatic heterocycles. The number of epoxide rings is 1. The standard InChI is InChI=1S/C45H64N2O8.CH2O2/c1-9-37(52-8)32(4)41-42(55-41)43(46-28-34-18-12-10-13-19-34)44(6,47-29-35-20-14-11-15-21-35)25-16-17-30(2)40-31(3)22-23-38(53-33(5)48)45(7,51)26-24-36(49)27-39(50)54-40;2-1-3/h10-23,25,31-32,36-38,40-43,46-47,49,51H,9,24,26-29H2,1-8H3;1H,(H,2,3)/b23-22+,25-16+,30-17+;/t31-,32+,36+,37-,38-,40+,41+,42-,43?,44?,45?;/m0./s1. The zero-order valence-electron chi connectivity index (χ0n) is 35.4. The van der Waals surface area contributed by atoms with E-state index in [1.54, 1.807) is 20.1 Å². The molecule has 0 aromatic heterocycles. The highest BCUT2D eigenvalue weighted by atomic mass is 16.6. The average molecular weight is 807 g/mol. The quantitative estimate of drug-likeness (QED) is 0.0437. The van der Waals surface area contributed by atoms with Gasteiger partial charge in [0.2, 0.25) is 0 Å². The predicted molar refractivity (Wildman–Crippen MR) is 223 cm³/mol. The minimum atomic E-state index is -1.44. The molecule has 58 heavy (non-hydrogen) atoms. The minimum absolute atomic E-state index is 0.0110. The van der Waals surface area contributed by atoms with Gasteiger partial charge in [0.25, 0.3) is 6.47 Å². The summed E-state index contributed by atoms with van der Waals surface area (Å²) >= 11 is 0. The maximum atomic E-state index is 13.1. The highest BCUT2D eigenvalue weighted by Gasteiger charge is 2.54. The number of cyclic esters (lactones) is 1. The summed E-state index contributed by atoms with van der Waals surface area (Å²) in [5.74, 6) is -1.21. The van der Waals surface area contributed by atoms with Crippen LogP contribution in [0.5, 0.6) is 0 Å². The molecule has 2 aliphatic rings. The normalized spacial score (nSPS) is 28.5. The molecular formula is C46H66N2O10. The molecule has 4 rings (SSSR count). The highest BCUT2D eigenvalue weighted by Crippen LogP contribution is 2.39. The molecule has 0 spiro atoms. The Kier molecular flexibility index (Phi) is 19.5. The molecule has 2 aromatic carbocycles. The lowest BCUT2D eigenvalue weighted by Crippen LogP contribution is -2.59. The van der Waals surface area contributed by atoms with E-state index in [0.717, 1.165) is 17.6 Å². The molecule has 1 fully saturated rings. The van der Waals surface area contributed by atoms with Crippen molar-refractivity contribution in [1.82, 2.24) is 10.6 Å². The van der Waals surface area contributed by atoms with E-state index in [9.17, 15) is 19.8 Å². The van der Waals surface area contributed by atoms with Gasteiger partial charge in [-0.25, -0.2) is 0 Å². The largest absolute Gasteiger partial charge is 0.483 e. The van der Waals surface area contributed by atoms with Crippen LogP contribution in [0.1, 0.15) is 85.3 Å². The summed E-state index contributed by atoms with van der Waals surface area (Å²) < 4.78 is 23.8. The van der Waals surface area contributed by atoms with Crippen LogP contribution in [-0.4, -0.2) is 94.6 Å². The first-order valence-electron chi connectivity index (χ1n) is 20.2. The molecule has 3 unspecified atom stereocenters. The van der Waals surface area contributed by atoms with Gasteiger partial charge < -0.3 is 44.9 Å². The third-order valence-electron chi connectivity index (χ3n) is 11.1. The van der Waals surface area contributed by atoms with Crippen molar-refractivity contribution < 1.29 is 48.7 Å². The van der Waals surface area contributed by atoms with E-state index in [2.05, 4.69) is 61.7 Å². The lowest BCUT2D eigenvalue weighted by Gasteiger charge is -2.37. The van der Waals surface area contributed by atoms with Crippen LogP contribution in [0.15, 0.2) is 96.6 Å². The van der Waals surface area contributed by atoms with Crippen LogP contribution in [0.4, 0.5) is 0 Å². The number of aliphatic hydroxyl groups excluding tert-OH is 1. The number of hydrogen-bond donors (Lipinski definition) is 5. The Morgan fingerprint density at radius 2 is 1.66 bits per heavy atom. The second kappa shape index (κ2) is 23.4. The van der Waals surface area contributed by atoms with E-state index >= 15 is 0 Å². The van der Waals surface area contributed by atoms with Crippen LogP contribution in [0.2, 0.25) is 0 Å². The Hall–Kier alpha value is -4.17. The van der Waals surface area contributed by atoms with Crippen LogP contribution in [0.3, 0.4) is 0 Å². The Labute approximate surface area is 344 Å². The second-order valence-corrected chi connectivity index (χ2v) is 15.9. The molecule has 5 N–H and O–H groups in total. The van der Waals surface area contributed by atoms with Crippen molar-refractivity contribution in [3.63, 3.8) is 0 Å². The lowest BCUT2D eigenvalue weighted by molar-refractivity contribution is -0.157. The first-order chi connectivity index (χ1) is 27.6. The number of benzene rings is 2. The summed E-state index contributed by atoms with van der Waals surface area (Å²) in [4.78, 5) is 33.4. The minimum Gasteiger partial charge on any atom is -0.483 e. The summed E-state index contributed by atoms with van der Waals surface area (Å²) in [6.07, 6.45) is 7.84. The zero-order valence-corrected chi connectivity index (χ0v) is 35.4. The van der Waals surface area contributed by atoms with Gasteiger partial charge in [0, 0.05) is 39.0 Å². The first-order valence-corrected chi connectivity index (χ1v) is 20.2. The van der Waals surface area contributed by atoms with Crippen LogP contribution in [0, 0.1) is 11.8 Å². The molecule has 2 aromatic rings. The van der Waals surface area contributed by atoms with Gasteiger partial charge in [0.1, 0.15) is 23.9 Å². The van der Waals surface area contributed by atoms with E-state index in [4.69, 9.17) is 28.8 Å². The molecule has 0 amide bonds. The van der Waals surface area contributed by atoms with E-state index in [1.807, 2.05) is 68.5 Å². The number of carbonyl (C=O) groups excluding carboxylic acids is 2. The maximum Gasteiger partial charge on any atom is 0.309 e. The molecule has 2 heterocycles. The number of nitrogens with one attached hydrogen (secondary N) is 2. The molecular weight excluding hydrogens is 741 g/mol. The molecule has 320 valence electrons. The van der Waals surface area contributed by atoms with E-state index in [1.165, 1.54) is 12.5 Å². The van der Waals surface area contributed by atoms with Crippen molar-refractivity contribution in [3.05, 3.63) is 108 Å². The predicted octanol–water partition coefficient (Wildman–Crippen LogP) is 6.06. The second-order valence-electron chi connectivity index (χ2n) is 15.9. The van der Waals surface area contributed by atoms with E-state index in [-0.39, 0.29) is 61.9 Å². The van der Waals surface area contributed by atoms with Crippen molar-refractivity contribution in [2.75, 3.05) is 7.11 Å². The maximum absolute atomic E-state index is 13.1. The fourth-order valence-electron chi connectivity index (χ4n) is 7.57. The summed E-state index contributed by atoms with van der Waals surface area (Å²) in [5.41, 5.74) is 1.04. The number of allylic oxidation sites excluding steroid dienone is 2. The third-order valence-corrected chi connectivity index (χ3v) is 11.1. The Morgan fingerprint density at radius 3 is 2.22 bits per heavy atom. The van der Waals surface area contributed by atoms with Crippen molar-refractivity contribution in [2.45, 2.75) is 141 Å². The van der Waals surface area contributed by atoms with Crippen molar-refractivity contribution in [1.29, 1.82) is 0 Å². The van der Waals surface area contributed by atoms with Gasteiger partial charge in [-0.1, -0.05) is 106 Å². The van der Waals surface area contributed by atoms with Crippen LogP contribution < -0.4 is 10.6 Å². The van der Waals surface area contributed by atoms with E-state index < -0.39 is 41.4 Å². The zero-order chi connectivity index (χ0) is 42.9. The first kappa shape index (κ1) is 48.2. The number of carboxylic acid groups (broad SMARTS) is 1. The fraction of sp³-hybridized carbons (Fsp3) is 0.543. The average Bonchev–Trinajstić information content (AvgIpc) is 3.98. The lowest BCUT2D eigenvalue weighted by atomic mass is 9.84. The Balaban J connectivity index is 0.00000291. The fourth-order valence-corrected chi connectivity index (χ4v) is 7.57. The molecule has 12 nitrogen and oxygen atoms in total. The number of esters is 2. The molecule has 0 bridgehead atoms. The molecule has 12 heteroatoms. The van der Waals surface area contributed by atoms with Crippen LogP contribution >= 0.6 is 0 Å². The number of carbonyl (C=O) groups is 3. The molecule has 0 radical (unpaired) electrons. The molecule has 1 saturated heterocycles. The van der Waals surface area contributed by atoms with Gasteiger partial charge in [-0.2, -0.15) is 0 Å². The number of methoxy groups -OCH3 is 1. The van der Waals surface area contributed by atoms with Gasteiger partial charge in [0.05, 0.1) is 36.3 Å². The van der Waals surface area contributed by atoms with Crippen LogP contribution in [0.25, 0.3) is 0 Å². The monoisotopic (exact) mass is 806 g/mol. The van der Waals surface area contributed by atoms with Crippen molar-refractivity contribution >= 4 is 18.4 Å². The van der Waals surface area contributed by atoms with Gasteiger partial charge in [-0.05, 0) is 62.8 Å². The van der Waals surface area contributed by atoms with Gasteiger partial charge in [0.15, 0.2) is 0 Å². The SMILES string of the molecule is CC[C@H](OC)[C@@H](C)[C@H]1O[C@@H]1C(NCc1ccccc1)C(C)(/C=C/C=C(\C)[C@H]1OC(=O)C[C@H](O)CCC(C)(O)[C@@H](OC(C)=O)/C=C/[C@@H]1C)NCc1ccccc1.O=CO. The van der Waals surface area contributed by atoms with Gasteiger partial charge >= 0.3 is 11.9 Å². The number of hydrogen-bond acceptors (Lipinski definition) is 11. The molecule has 0 saturated carbocycles. The molecule has 11 atom stereocenters. The Bertz CT molecular complexity index is 1640. The number of ether oxygens (including phenoxy) is 4. The summed E-state index contributed by atoms with van der Waals surface area (Å²) in [5, 5.41) is 36.5. The number of rotatable bonds is 16. The Morgan fingerprint density at radius 1 is 1.05 bits per heavy atom. The third kappa shape index (κ3) is 14.9. The highest BCUT2D eigenvalue weighted by molar-refractivity contribution is 5.70. The van der Waals surface area contributed by atoms with Crippen LogP contribution in [-0.2, 0) is 46.4 Å². The summed E-state index contributed by atoms with van der Waals surface area (Å²) in [6, 6.07) is 20.5. The summed E-state index contributed by atoms with van der Waals surface area (Å²) in [6.45, 7) is 14.2. The topological polar surface area (TPSA) is 176 Å². The van der Waals surface area contributed by atoms with Gasteiger partial charge in [-0.15, -0.1) is 0 Å². The molecule has 0 aliphatic carbocycles. The summed E-state index contributed by atoms with van der Waals surface area (Å²) in [7, 11) is 1.76. The van der Waals surface area contributed by atoms with Gasteiger partial charge in [-0.3, -0.25) is 14.4 Å².